The first kappa shape index (κ1) is 20.3. The van der Waals surface area contributed by atoms with Crippen molar-refractivity contribution in [2.45, 2.75) is 35.0 Å². The van der Waals surface area contributed by atoms with E-state index in [0.29, 0.717) is 21.4 Å². The normalized spacial score (nSPS) is 13.8. The minimum absolute atomic E-state index is 0.151. The third-order valence-electron chi connectivity index (χ3n) is 4.56. The van der Waals surface area contributed by atoms with Crippen molar-refractivity contribution < 1.29 is 13.2 Å². The molecule has 0 fully saturated rings. The predicted molar refractivity (Wildman–Crippen MR) is 117 cm³/mol. The minimum atomic E-state index is -3.85. The van der Waals surface area contributed by atoms with Gasteiger partial charge in [-0.2, -0.15) is 0 Å². The van der Waals surface area contributed by atoms with Crippen LogP contribution in [0.4, 0.5) is 5.00 Å². The maximum Gasteiger partial charge on any atom is 0.272 e. The van der Waals surface area contributed by atoms with Crippen molar-refractivity contribution in [1.29, 1.82) is 0 Å². The van der Waals surface area contributed by atoms with E-state index in [1.165, 1.54) is 23.1 Å². The number of carbonyl (C=O) groups is 1. The molecule has 0 radical (unpaired) electrons. The lowest BCUT2D eigenvalue weighted by molar-refractivity contribution is 0.100. The molecule has 0 aromatic carbocycles. The van der Waals surface area contributed by atoms with Gasteiger partial charge in [0.2, 0.25) is 0 Å². The number of amides is 1. The second kappa shape index (κ2) is 8.05. The van der Waals surface area contributed by atoms with E-state index in [0.717, 1.165) is 52.3 Å². The van der Waals surface area contributed by atoms with Gasteiger partial charge in [0.15, 0.2) is 5.16 Å². The number of aromatic nitrogens is 2. The summed E-state index contributed by atoms with van der Waals surface area (Å²) in [6.45, 7) is 0. The molecule has 3 aromatic heterocycles. The van der Waals surface area contributed by atoms with Gasteiger partial charge in [0.25, 0.3) is 15.9 Å². The standard InChI is InChI=1S/C18H18N4O3S4/c1-26-18-20-9-8-11(21-18)13-6-7-14(27-13)29(24,25)22-17-15(16(19)23)10-4-2-3-5-12(10)28-17/h6-9,22H,2-5H2,1H3,(H2,19,23). The van der Waals surface area contributed by atoms with Crippen molar-refractivity contribution in [3.8, 4) is 10.6 Å². The summed E-state index contributed by atoms with van der Waals surface area (Å²) in [4.78, 5) is 22.3. The van der Waals surface area contributed by atoms with Gasteiger partial charge in [-0.05, 0) is 55.7 Å². The van der Waals surface area contributed by atoms with Crippen LogP contribution in [0.15, 0.2) is 33.8 Å². The first-order valence-corrected chi connectivity index (χ1v) is 13.2. The van der Waals surface area contributed by atoms with E-state index in [1.807, 2.05) is 6.26 Å². The Bertz CT molecular complexity index is 1180. The molecular weight excluding hydrogens is 448 g/mol. The van der Waals surface area contributed by atoms with Gasteiger partial charge < -0.3 is 5.73 Å². The molecule has 3 heterocycles. The molecule has 3 N–H and O–H groups in total. The van der Waals surface area contributed by atoms with Gasteiger partial charge in [-0.3, -0.25) is 9.52 Å². The number of carbonyl (C=O) groups excluding carboxylic acids is 1. The molecule has 3 aromatic rings. The molecule has 4 rings (SSSR count). The second-order valence-corrected chi connectivity index (χ2v) is 11.3. The zero-order valence-electron chi connectivity index (χ0n) is 15.5. The monoisotopic (exact) mass is 466 g/mol. The van der Waals surface area contributed by atoms with Crippen molar-refractivity contribution >= 4 is 55.4 Å². The van der Waals surface area contributed by atoms with E-state index in [9.17, 15) is 13.2 Å². The molecule has 1 aliphatic carbocycles. The van der Waals surface area contributed by atoms with Crippen molar-refractivity contribution in [3.63, 3.8) is 0 Å². The Hall–Kier alpha value is -1.95. The van der Waals surface area contributed by atoms with Gasteiger partial charge >= 0.3 is 0 Å². The largest absolute Gasteiger partial charge is 0.365 e. The van der Waals surface area contributed by atoms with E-state index in [4.69, 9.17) is 5.73 Å². The molecule has 0 spiro atoms. The zero-order valence-corrected chi connectivity index (χ0v) is 18.7. The summed E-state index contributed by atoms with van der Waals surface area (Å²) >= 11 is 3.85. The number of aryl methyl sites for hydroxylation is 1. The number of hydrogen-bond acceptors (Lipinski definition) is 8. The number of anilines is 1. The van der Waals surface area contributed by atoms with Crippen LogP contribution in [0.25, 0.3) is 10.6 Å². The number of thiophene rings is 2. The maximum absolute atomic E-state index is 13.0. The van der Waals surface area contributed by atoms with Crippen LogP contribution in [-0.4, -0.2) is 30.5 Å². The fraction of sp³-hybridized carbons (Fsp3) is 0.278. The number of rotatable bonds is 6. The number of sulfonamides is 1. The van der Waals surface area contributed by atoms with Crippen LogP contribution in [0.1, 0.15) is 33.6 Å². The molecule has 0 bridgehead atoms. The molecular formula is C18H18N4O3S4. The van der Waals surface area contributed by atoms with Gasteiger partial charge in [0.05, 0.1) is 16.1 Å². The summed E-state index contributed by atoms with van der Waals surface area (Å²) in [5.41, 5.74) is 7.44. The Kier molecular flexibility index (Phi) is 5.65. The lowest BCUT2D eigenvalue weighted by Crippen LogP contribution is -2.18. The number of thioether (sulfide) groups is 1. The smallest absolute Gasteiger partial charge is 0.272 e. The predicted octanol–water partition coefficient (Wildman–Crippen LogP) is 3.77. The molecule has 1 aliphatic rings. The number of nitrogens with zero attached hydrogens (tertiary/aromatic N) is 2. The molecule has 0 atom stereocenters. The Balaban J connectivity index is 1.66. The van der Waals surface area contributed by atoms with E-state index in [1.54, 1.807) is 24.4 Å². The van der Waals surface area contributed by atoms with Gasteiger partial charge in [-0.15, -0.1) is 22.7 Å². The highest BCUT2D eigenvalue weighted by Gasteiger charge is 2.27. The van der Waals surface area contributed by atoms with E-state index >= 15 is 0 Å². The fourth-order valence-electron chi connectivity index (χ4n) is 3.25. The lowest BCUT2D eigenvalue weighted by atomic mass is 9.95. The van der Waals surface area contributed by atoms with Crippen LogP contribution >= 0.6 is 34.4 Å². The van der Waals surface area contributed by atoms with Crippen molar-refractivity contribution in [1.82, 2.24) is 9.97 Å². The Morgan fingerprint density at radius 1 is 1.21 bits per heavy atom. The van der Waals surface area contributed by atoms with E-state index in [2.05, 4.69) is 14.7 Å². The average molecular weight is 467 g/mol. The van der Waals surface area contributed by atoms with E-state index < -0.39 is 15.9 Å². The Morgan fingerprint density at radius 3 is 2.76 bits per heavy atom. The molecule has 0 saturated heterocycles. The summed E-state index contributed by atoms with van der Waals surface area (Å²) in [5, 5.41) is 0.930. The first-order valence-electron chi connectivity index (χ1n) is 8.83. The molecule has 0 saturated carbocycles. The van der Waals surface area contributed by atoms with Gasteiger partial charge in [-0.25, -0.2) is 18.4 Å². The number of nitrogens with one attached hydrogen (secondary N) is 1. The highest BCUT2D eigenvalue weighted by molar-refractivity contribution is 7.98. The molecule has 0 unspecified atom stereocenters. The number of primary amides is 1. The molecule has 7 nitrogen and oxygen atoms in total. The van der Waals surface area contributed by atoms with Crippen LogP contribution < -0.4 is 10.5 Å². The molecule has 29 heavy (non-hydrogen) atoms. The van der Waals surface area contributed by atoms with Gasteiger partial charge in [-0.1, -0.05) is 11.8 Å². The molecule has 152 valence electrons. The van der Waals surface area contributed by atoms with Crippen LogP contribution in [0.3, 0.4) is 0 Å². The summed E-state index contributed by atoms with van der Waals surface area (Å²) in [6, 6.07) is 5.01. The lowest BCUT2D eigenvalue weighted by Gasteiger charge is -2.11. The number of hydrogen-bond donors (Lipinski definition) is 2. The topological polar surface area (TPSA) is 115 Å². The summed E-state index contributed by atoms with van der Waals surface area (Å²) in [7, 11) is -3.85. The molecule has 0 aliphatic heterocycles. The Morgan fingerprint density at radius 2 is 2.00 bits per heavy atom. The van der Waals surface area contributed by atoms with Crippen LogP contribution in [0.2, 0.25) is 0 Å². The number of fused-ring (bicyclic) bond motifs is 1. The summed E-state index contributed by atoms with van der Waals surface area (Å²) in [5.74, 6) is -0.598. The van der Waals surface area contributed by atoms with Crippen LogP contribution in [0.5, 0.6) is 0 Å². The van der Waals surface area contributed by atoms with Gasteiger partial charge in [0.1, 0.15) is 9.21 Å². The Labute approximate surface area is 180 Å². The van der Waals surface area contributed by atoms with E-state index in [-0.39, 0.29) is 4.21 Å². The summed E-state index contributed by atoms with van der Waals surface area (Å²) in [6.07, 6.45) is 7.13. The quantitative estimate of drug-likeness (QED) is 0.422. The van der Waals surface area contributed by atoms with Crippen molar-refractivity contribution in [2.75, 3.05) is 11.0 Å². The molecule has 1 amide bonds. The van der Waals surface area contributed by atoms with Crippen molar-refractivity contribution in [2.24, 2.45) is 5.73 Å². The zero-order chi connectivity index (χ0) is 20.6. The van der Waals surface area contributed by atoms with Crippen molar-refractivity contribution in [3.05, 3.63) is 40.4 Å². The van der Waals surface area contributed by atoms with Crippen LogP contribution in [0, 0.1) is 0 Å². The minimum Gasteiger partial charge on any atom is -0.365 e. The van der Waals surface area contributed by atoms with Gasteiger partial charge in [0, 0.05) is 11.1 Å². The average Bonchev–Trinajstić information content (AvgIpc) is 3.33. The SMILES string of the molecule is CSc1nccc(-c2ccc(S(=O)(=O)Nc3sc4c(c3C(N)=O)CCCC4)s2)n1. The second-order valence-electron chi connectivity index (χ2n) is 6.43. The molecule has 11 heteroatoms. The fourth-order valence-corrected chi connectivity index (χ4v) is 7.48. The number of nitrogens with two attached hydrogens (primary N) is 1. The third kappa shape index (κ3) is 4.04. The highest BCUT2D eigenvalue weighted by atomic mass is 32.2. The highest BCUT2D eigenvalue weighted by Crippen LogP contribution is 2.39. The van der Waals surface area contributed by atoms with Crippen LogP contribution in [-0.2, 0) is 22.9 Å². The summed E-state index contributed by atoms with van der Waals surface area (Å²) < 4.78 is 28.7. The maximum atomic E-state index is 13.0. The first-order chi connectivity index (χ1) is 13.9. The third-order valence-corrected chi connectivity index (χ3v) is 9.41.